The number of anilines is 1. The number of hydrogen-bond acceptors (Lipinski definition) is 4. The van der Waals surface area contributed by atoms with Gasteiger partial charge in [-0.05, 0) is 23.8 Å². The molecule has 1 atom stereocenters. The van der Waals surface area contributed by atoms with Crippen LogP contribution < -0.4 is 14.4 Å². The summed E-state index contributed by atoms with van der Waals surface area (Å²) >= 11 is 0. The van der Waals surface area contributed by atoms with Crippen LogP contribution in [0.4, 0.5) is 10.1 Å². The highest BCUT2D eigenvalue weighted by atomic mass is 19.1. The number of rotatable bonds is 2. The van der Waals surface area contributed by atoms with Crippen LogP contribution in [0.25, 0.3) is 0 Å². The Morgan fingerprint density at radius 2 is 2.12 bits per heavy atom. The first-order chi connectivity index (χ1) is 12.5. The number of hydrogen-bond donors (Lipinski definition) is 1. The summed E-state index contributed by atoms with van der Waals surface area (Å²) in [6.45, 7) is -0.0379. The molecule has 0 saturated carbocycles. The highest BCUT2D eigenvalue weighted by Crippen LogP contribution is 2.54. The number of halogens is 1. The van der Waals surface area contributed by atoms with E-state index in [-0.39, 0.29) is 17.9 Å². The van der Waals surface area contributed by atoms with Crippen LogP contribution >= 0.6 is 0 Å². The zero-order valence-corrected chi connectivity index (χ0v) is 13.6. The van der Waals surface area contributed by atoms with Gasteiger partial charge < -0.3 is 14.6 Å². The Morgan fingerprint density at radius 1 is 1.27 bits per heavy atom. The van der Waals surface area contributed by atoms with Crippen LogP contribution in [0.15, 0.2) is 30.3 Å². The number of carbonyl (C=O) groups is 2. The first kappa shape index (κ1) is 15.2. The molecule has 6 nitrogen and oxygen atoms in total. The number of carboxylic acids is 1. The number of carbonyl (C=O) groups excluding carboxylic acids is 1. The van der Waals surface area contributed by atoms with Gasteiger partial charge in [0.1, 0.15) is 35.9 Å². The minimum atomic E-state index is -1.36. The maximum absolute atomic E-state index is 14.8. The fourth-order valence-electron chi connectivity index (χ4n) is 4.21. The van der Waals surface area contributed by atoms with Gasteiger partial charge in [-0.2, -0.15) is 0 Å². The highest BCUT2D eigenvalue weighted by molar-refractivity contribution is 6.13. The lowest BCUT2D eigenvalue weighted by Gasteiger charge is -2.22. The summed E-state index contributed by atoms with van der Waals surface area (Å²) in [5.74, 6) is -0.991. The number of benzene rings is 2. The van der Waals surface area contributed by atoms with Gasteiger partial charge in [0.25, 0.3) is 0 Å². The molecule has 26 heavy (non-hydrogen) atoms. The van der Waals surface area contributed by atoms with Crippen molar-refractivity contribution in [3.8, 4) is 11.5 Å². The van der Waals surface area contributed by atoms with Gasteiger partial charge in [0.05, 0.1) is 12.3 Å². The lowest BCUT2D eigenvalue weighted by Crippen LogP contribution is -2.44. The number of aliphatic carboxylic acids is 1. The first-order valence-electron chi connectivity index (χ1n) is 8.28. The van der Waals surface area contributed by atoms with E-state index in [4.69, 9.17) is 9.47 Å². The molecule has 2 aromatic rings. The van der Waals surface area contributed by atoms with E-state index in [1.54, 1.807) is 12.1 Å². The third-order valence-electron chi connectivity index (χ3n) is 5.31. The van der Waals surface area contributed by atoms with Crippen LogP contribution in [0.1, 0.15) is 16.7 Å². The summed E-state index contributed by atoms with van der Waals surface area (Å²) in [5, 5.41) is 9.20. The smallest absolute Gasteiger partial charge is 0.323 e. The van der Waals surface area contributed by atoms with Crippen molar-refractivity contribution in [2.45, 2.75) is 11.8 Å². The van der Waals surface area contributed by atoms with Crippen molar-refractivity contribution in [1.82, 2.24) is 0 Å². The summed E-state index contributed by atoms with van der Waals surface area (Å²) in [7, 11) is 0. The van der Waals surface area contributed by atoms with Gasteiger partial charge in [0.2, 0.25) is 5.91 Å². The number of ether oxygens (including phenoxy) is 2. The average molecular weight is 355 g/mol. The lowest BCUT2D eigenvalue weighted by molar-refractivity contribution is -0.137. The number of fused-ring (bicyclic) bond motifs is 5. The van der Waals surface area contributed by atoms with Crippen LogP contribution in [0.5, 0.6) is 11.5 Å². The van der Waals surface area contributed by atoms with Crippen molar-refractivity contribution in [2.24, 2.45) is 0 Å². The molecule has 1 N–H and O–H groups in total. The Morgan fingerprint density at radius 3 is 2.92 bits per heavy atom. The molecule has 3 heterocycles. The second-order valence-electron chi connectivity index (χ2n) is 6.67. The molecule has 0 fully saturated rings. The molecule has 132 valence electrons. The fourth-order valence-corrected chi connectivity index (χ4v) is 4.21. The Kier molecular flexibility index (Phi) is 2.90. The van der Waals surface area contributed by atoms with Gasteiger partial charge in [0, 0.05) is 23.6 Å². The highest BCUT2D eigenvalue weighted by Gasteiger charge is 2.59. The van der Waals surface area contributed by atoms with E-state index in [1.165, 1.54) is 12.1 Å². The van der Waals surface area contributed by atoms with Gasteiger partial charge in [0.15, 0.2) is 0 Å². The van der Waals surface area contributed by atoms with Crippen molar-refractivity contribution in [3.63, 3.8) is 0 Å². The van der Waals surface area contributed by atoms with Crippen LogP contribution in [-0.4, -0.2) is 36.7 Å². The third-order valence-corrected chi connectivity index (χ3v) is 5.31. The van der Waals surface area contributed by atoms with E-state index >= 15 is 0 Å². The standard InChI is InChI=1S/C19H14FNO5/c20-12-2-1-3-13-17(12)19(18(24)21(13)8-16(22)23)9-26-15-7-14-10(4-5-25-14)6-11(15)19/h1-3,6-7H,4-5,8-9H2,(H,22,23). The summed E-state index contributed by atoms with van der Waals surface area (Å²) < 4.78 is 26.1. The van der Waals surface area contributed by atoms with Crippen molar-refractivity contribution in [3.05, 3.63) is 52.8 Å². The summed E-state index contributed by atoms with van der Waals surface area (Å²) in [4.78, 5) is 25.7. The average Bonchev–Trinajstić information content (AvgIpc) is 3.26. The SMILES string of the molecule is O=C(O)CN1C(=O)C2(COc3cc4c(cc32)CCO4)c2c(F)cccc21. The number of amides is 1. The second kappa shape index (κ2) is 4.97. The molecule has 0 bridgehead atoms. The van der Waals surface area contributed by atoms with E-state index < -0.39 is 29.7 Å². The molecule has 0 aromatic heterocycles. The van der Waals surface area contributed by atoms with Crippen molar-refractivity contribution < 1.29 is 28.6 Å². The predicted octanol–water partition coefficient (Wildman–Crippen LogP) is 1.87. The van der Waals surface area contributed by atoms with Crippen LogP contribution in [0.2, 0.25) is 0 Å². The first-order valence-corrected chi connectivity index (χ1v) is 8.28. The predicted molar refractivity (Wildman–Crippen MR) is 88.3 cm³/mol. The van der Waals surface area contributed by atoms with Gasteiger partial charge in [-0.1, -0.05) is 6.07 Å². The number of carboxylic acid groups (broad SMARTS) is 1. The molecule has 1 amide bonds. The molecule has 2 aromatic carbocycles. The molecule has 3 aliphatic rings. The maximum Gasteiger partial charge on any atom is 0.323 e. The van der Waals surface area contributed by atoms with Gasteiger partial charge in [-0.25, -0.2) is 4.39 Å². The summed E-state index contributed by atoms with van der Waals surface area (Å²) in [6, 6.07) is 7.90. The quantitative estimate of drug-likeness (QED) is 0.890. The molecule has 3 aliphatic heterocycles. The normalized spacial score (nSPS) is 22.0. The van der Waals surface area contributed by atoms with Gasteiger partial charge in [-0.15, -0.1) is 0 Å². The third kappa shape index (κ3) is 1.75. The molecule has 1 unspecified atom stereocenters. The molecule has 5 rings (SSSR count). The van der Waals surface area contributed by atoms with E-state index in [9.17, 15) is 19.1 Å². The monoisotopic (exact) mass is 355 g/mol. The minimum absolute atomic E-state index is 0.0614. The molecular formula is C19H14FNO5. The molecule has 7 heteroatoms. The topological polar surface area (TPSA) is 76.1 Å². The molecule has 0 aliphatic carbocycles. The van der Waals surface area contributed by atoms with Crippen molar-refractivity contribution in [2.75, 3.05) is 24.7 Å². The van der Waals surface area contributed by atoms with E-state index in [1.807, 2.05) is 6.07 Å². The second-order valence-corrected chi connectivity index (χ2v) is 6.67. The summed E-state index contributed by atoms with van der Waals surface area (Å²) in [5.41, 5.74) is 0.625. The zero-order valence-electron chi connectivity index (χ0n) is 13.6. The Labute approximate surface area is 147 Å². The van der Waals surface area contributed by atoms with E-state index in [2.05, 4.69) is 0 Å². The molecule has 1 spiro atoms. The molecule has 0 radical (unpaired) electrons. The lowest BCUT2D eigenvalue weighted by atomic mass is 9.76. The molecule has 0 saturated heterocycles. The largest absolute Gasteiger partial charge is 0.493 e. The van der Waals surface area contributed by atoms with E-state index in [0.717, 1.165) is 10.5 Å². The van der Waals surface area contributed by atoms with Gasteiger partial charge in [-0.3, -0.25) is 14.5 Å². The Bertz CT molecular complexity index is 988. The Balaban J connectivity index is 1.77. The summed E-state index contributed by atoms with van der Waals surface area (Å²) in [6.07, 6.45) is 0.704. The molecular weight excluding hydrogens is 341 g/mol. The van der Waals surface area contributed by atoms with Crippen molar-refractivity contribution >= 4 is 17.6 Å². The fraction of sp³-hybridized carbons (Fsp3) is 0.263. The van der Waals surface area contributed by atoms with Crippen LogP contribution in [-0.2, 0) is 21.4 Å². The Hall–Kier alpha value is -3.09. The zero-order chi connectivity index (χ0) is 18.1. The van der Waals surface area contributed by atoms with Crippen molar-refractivity contribution in [1.29, 1.82) is 0 Å². The minimum Gasteiger partial charge on any atom is -0.493 e. The number of nitrogens with zero attached hydrogens (tertiary/aromatic N) is 1. The van der Waals surface area contributed by atoms with Crippen LogP contribution in [0.3, 0.4) is 0 Å². The van der Waals surface area contributed by atoms with Crippen LogP contribution in [0, 0.1) is 5.82 Å². The van der Waals surface area contributed by atoms with E-state index in [0.29, 0.717) is 30.1 Å². The van der Waals surface area contributed by atoms with Gasteiger partial charge >= 0.3 is 5.97 Å². The maximum atomic E-state index is 14.8.